The third-order valence-corrected chi connectivity index (χ3v) is 4.45. The van der Waals surface area contributed by atoms with Crippen molar-refractivity contribution in [2.24, 2.45) is 5.92 Å². The standard InChI is InChI=1S/C17H22BrClFNO.C2H6/c1-4-7-15(13(5-2)10-12(3)19)21-16(22)9-6-8-14-11-17(14,18)20;1-2/h6-7,9-10,14H,3-5,8,11H2,1-2H3,(H,21,22);1-2H3/b9-6+,13-10-,15-7+;. The van der Waals surface area contributed by atoms with Crippen LogP contribution in [0.15, 0.2) is 47.2 Å². The SMILES string of the molecule is C=C(Cl)/C=C(CC)\C(=C/CC)NC(=O)/C=C/CC1CC1(F)Br.CC. The number of hydrogen-bond acceptors (Lipinski definition) is 1. The van der Waals surface area contributed by atoms with Gasteiger partial charge in [-0.2, -0.15) is 0 Å². The molecular weight excluding hydrogens is 393 g/mol. The van der Waals surface area contributed by atoms with E-state index in [0.717, 1.165) is 24.1 Å². The predicted octanol–water partition coefficient (Wildman–Crippen LogP) is 6.54. The second kappa shape index (κ2) is 11.6. The fraction of sp³-hybridized carbons (Fsp3) is 0.526. The Balaban J connectivity index is 0.00000254. The Morgan fingerprint density at radius 1 is 1.46 bits per heavy atom. The van der Waals surface area contributed by atoms with Gasteiger partial charge >= 0.3 is 0 Å². The van der Waals surface area contributed by atoms with Crippen LogP contribution < -0.4 is 5.32 Å². The summed E-state index contributed by atoms with van der Waals surface area (Å²) >= 11 is 8.81. The lowest BCUT2D eigenvalue weighted by molar-refractivity contribution is -0.115. The van der Waals surface area contributed by atoms with Gasteiger partial charge in [-0.15, -0.1) is 0 Å². The van der Waals surface area contributed by atoms with E-state index in [1.807, 2.05) is 33.8 Å². The number of carbonyl (C=O) groups is 1. The Labute approximate surface area is 159 Å². The molecule has 1 rings (SSSR count). The highest BCUT2D eigenvalue weighted by Gasteiger charge is 2.52. The van der Waals surface area contributed by atoms with E-state index < -0.39 is 4.58 Å². The number of alkyl halides is 2. The van der Waals surface area contributed by atoms with Gasteiger partial charge in [0.05, 0.1) is 0 Å². The van der Waals surface area contributed by atoms with Crippen LogP contribution in [0.2, 0.25) is 0 Å². The van der Waals surface area contributed by atoms with Crippen LogP contribution in [0.25, 0.3) is 0 Å². The third kappa shape index (κ3) is 8.84. The van der Waals surface area contributed by atoms with Crippen molar-refractivity contribution in [2.75, 3.05) is 0 Å². The fourth-order valence-electron chi connectivity index (χ4n) is 2.06. The quantitative estimate of drug-likeness (QED) is 0.269. The molecule has 0 radical (unpaired) electrons. The van der Waals surface area contributed by atoms with Gasteiger partial charge in [-0.1, -0.05) is 58.0 Å². The van der Waals surface area contributed by atoms with E-state index in [4.69, 9.17) is 11.6 Å². The molecule has 2 atom stereocenters. The van der Waals surface area contributed by atoms with Gasteiger partial charge in [0, 0.05) is 16.6 Å². The second-order valence-corrected chi connectivity index (χ2v) is 7.09. The zero-order chi connectivity index (χ0) is 18.8. The molecule has 0 bridgehead atoms. The van der Waals surface area contributed by atoms with Gasteiger partial charge in [0.1, 0.15) is 0 Å². The fourth-order valence-corrected chi connectivity index (χ4v) is 2.77. The molecule has 2 nitrogen and oxygen atoms in total. The summed E-state index contributed by atoms with van der Waals surface area (Å²) in [5, 5.41) is 3.28. The minimum atomic E-state index is -1.24. The van der Waals surface area contributed by atoms with E-state index in [1.165, 1.54) is 6.08 Å². The van der Waals surface area contributed by atoms with E-state index in [0.29, 0.717) is 17.9 Å². The first-order chi connectivity index (χ1) is 11.3. The van der Waals surface area contributed by atoms with Crippen molar-refractivity contribution in [3.05, 3.63) is 47.2 Å². The molecule has 1 N–H and O–H groups in total. The van der Waals surface area contributed by atoms with Crippen LogP contribution in [0, 0.1) is 5.92 Å². The molecule has 0 aromatic carbocycles. The lowest BCUT2D eigenvalue weighted by Gasteiger charge is -2.11. The number of carbonyl (C=O) groups excluding carboxylic acids is 1. The van der Waals surface area contributed by atoms with Crippen LogP contribution in [-0.4, -0.2) is 10.5 Å². The maximum absolute atomic E-state index is 13.3. The van der Waals surface area contributed by atoms with Gasteiger partial charge in [-0.05, 0) is 59.3 Å². The topological polar surface area (TPSA) is 29.1 Å². The molecule has 1 aliphatic rings. The number of rotatable bonds is 8. The van der Waals surface area contributed by atoms with E-state index in [9.17, 15) is 9.18 Å². The molecule has 1 saturated carbocycles. The molecule has 1 amide bonds. The highest BCUT2D eigenvalue weighted by Crippen LogP contribution is 2.54. The van der Waals surface area contributed by atoms with Crippen LogP contribution >= 0.6 is 27.5 Å². The van der Waals surface area contributed by atoms with Crippen LogP contribution in [0.1, 0.15) is 53.4 Å². The van der Waals surface area contributed by atoms with Gasteiger partial charge < -0.3 is 5.32 Å². The lowest BCUT2D eigenvalue weighted by atomic mass is 10.1. The number of hydrogen-bond donors (Lipinski definition) is 1. The van der Waals surface area contributed by atoms with Crippen molar-refractivity contribution < 1.29 is 9.18 Å². The Morgan fingerprint density at radius 2 is 2.04 bits per heavy atom. The van der Waals surface area contributed by atoms with Crippen molar-refractivity contribution in [2.45, 2.75) is 58.0 Å². The highest BCUT2D eigenvalue weighted by atomic mass is 79.9. The molecule has 0 saturated heterocycles. The molecule has 0 spiro atoms. The van der Waals surface area contributed by atoms with Gasteiger partial charge in [0.2, 0.25) is 5.91 Å². The Hall–Kier alpha value is -0.870. The number of allylic oxidation sites excluding steroid dienone is 5. The first-order valence-corrected chi connectivity index (χ1v) is 9.58. The summed E-state index contributed by atoms with van der Waals surface area (Å²) in [4.78, 5) is 12.0. The molecular formula is C19H28BrClFNO. The zero-order valence-electron chi connectivity index (χ0n) is 15.0. The summed E-state index contributed by atoms with van der Waals surface area (Å²) in [6, 6.07) is 0. The van der Waals surface area contributed by atoms with Crippen LogP contribution in [0.4, 0.5) is 4.39 Å². The largest absolute Gasteiger partial charge is 0.323 e. The van der Waals surface area contributed by atoms with Gasteiger partial charge in [0.15, 0.2) is 4.58 Å². The molecule has 1 fully saturated rings. The lowest BCUT2D eigenvalue weighted by Crippen LogP contribution is -2.21. The maximum atomic E-state index is 13.3. The summed E-state index contributed by atoms with van der Waals surface area (Å²) in [5.41, 5.74) is 1.67. The molecule has 5 heteroatoms. The smallest absolute Gasteiger partial charge is 0.248 e. The molecule has 0 heterocycles. The summed E-state index contributed by atoms with van der Waals surface area (Å²) in [7, 11) is 0. The monoisotopic (exact) mass is 419 g/mol. The zero-order valence-corrected chi connectivity index (χ0v) is 17.3. The van der Waals surface area contributed by atoms with E-state index >= 15 is 0 Å². The van der Waals surface area contributed by atoms with Gasteiger partial charge in [0.25, 0.3) is 0 Å². The van der Waals surface area contributed by atoms with Crippen molar-refractivity contribution in [3.63, 3.8) is 0 Å². The molecule has 24 heavy (non-hydrogen) atoms. The number of halogens is 3. The number of nitrogens with one attached hydrogen (secondary N) is 1. The average Bonchev–Trinajstić information content (AvgIpc) is 3.13. The van der Waals surface area contributed by atoms with Gasteiger partial charge in [-0.3, -0.25) is 4.79 Å². The first-order valence-electron chi connectivity index (χ1n) is 8.41. The van der Waals surface area contributed by atoms with Crippen molar-refractivity contribution in [3.8, 4) is 0 Å². The van der Waals surface area contributed by atoms with E-state index in [-0.39, 0.29) is 11.8 Å². The first kappa shape index (κ1) is 23.1. The molecule has 2 unspecified atom stereocenters. The normalized spacial score (nSPS) is 23.5. The molecule has 0 aliphatic heterocycles. The van der Waals surface area contributed by atoms with Crippen LogP contribution in [-0.2, 0) is 4.79 Å². The molecule has 1 aliphatic carbocycles. The van der Waals surface area contributed by atoms with Crippen molar-refractivity contribution in [1.82, 2.24) is 5.32 Å². The summed E-state index contributed by atoms with van der Waals surface area (Å²) in [6.45, 7) is 11.6. The summed E-state index contributed by atoms with van der Waals surface area (Å²) in [6.07, 6.45) is 9.43. The second-order valence-electron chi connectivity index (χ2n) is 5.29. The minimum absolute atomic E-state index is 0.0344. The Morgan fingerprint density at radius 3 is 2.46 bits per heavy atom. The minimum Gasteiger partial charge on any atom is -0.323 e. The highest BCUT2D eigenvalue weighted by molar-refractivity contribution is 9.10. The maximum Gasteiger partial charge on any atom is 0.248 e. The van der Waals surface area contributed by atoms with Crippen LogP contribution in [0.5, 0.6) is 0 Å². The number of amides is 1. The Bertz CT molecular complexity index is 523. The van der Waals surface area contributed by atoms with Crippen LogP contribution in [0.3, 0.4) is 0 Å². The predicted molar refractivity (Wildman–Crippen MR) is 106 cm³/mol. The molecule has 0 aromatic rings. The summed E-state index contributed by atoms with van der Waals surface area (Å²) in [5.74, 6) is -0.258. The summed E-state index contributed by atoms with van der Waals surface area (Å²) < 4.78 is 12.1. The third-order valence-electron chi connectivity index (χ3n) is 3.37. The molecule has 136 valence electrons. The Kier molecular flexibility index (Phi) is 11.2. The van der Waals surface area contributed by atoms with Crippen molar-refractivity contribution >= 4 is 33.4 Å². The van der Waals surface area contributed by atoms with Crippen molar-refractivity contribution in [1.29, 1.82) is 0 Å². The average molecular weight is 421 g/mol. The van der Waals surface area contributed by atoms with E-state index in [1.54, 1.807) is 12.2 Å². The van der Waals surface area contributed by atoms with Gasteiger partial charge in [-0.25, -0.2) is 4.39 Å². The molecule has 0 aromatic heterocycles. The van der Waals surface area contributed by atoms with E-state index in [2.05, 4.69) is 27.8 Å².